The fourth-order valence-electron chi connectivity index (χ4n) is 2.09. The van der Waals surface area contributed by atoms with Gasteiger partial charge in [0.2, 0.25) is 10.0 Å². The summed E-state index contributed by atoms with van der Waals surface area (Å²) in [6, 6.07) is 10.8. The summed E-state index contributed by atoms with van der Waals surface area (Å²) in [6.45, 7) is 5.35. The maximum atomic E-state index is 12.3. The predicted molar refractivity (Wildman–Crippen MR) is 96.0 cm³/mol. The Kier molecular flexibility index (Phi) is 5.64. The molecule has 0 unspecified atom stereocenters. The lowest BCUT2D eigenvalue weighted by Crippen LogP contribution is -2.30. The molecule has 0 heterocycles. The third-order valence-electron chi connectivity index (χ3n) is 3.27. The minimum absolute atomic E-state index is 0.117. The van der Waals surface area contributed by atoms with Gasteiger partial charge in [-0.25, -0.2) is 13.1 Å². The fourth-order valence-corrected chi connectivity index (χ4v) is 3.51. The Morgan fingerprint density at radius 3 is 2.29 bits per heavy atom. The first kappa shape index (κ1) is 18.4. The number of halogens is 1. The van der Waals surface area contributed by atoms with E-state index in [4.69, 9.17) is 11.6 Å². The molecular formula is C17H19ClN2O3S. The smallest absolute Gasteiger partial charge is 0.255 e. The van der Waals surface area contributed by atoms with Crippen molar-refractivity contribution in [3.8, 4) is 0 Å². The van der Waals surface area contributed by atoms with E-state index in [0.29, 0.717) is 16.3 Å². The molecule has 2 aromatic rings. The Hall–Kier alpha value is -1.89. The van der Waals surface area contributed by atoms with Crippen molar-refractivity contribution in [3.05, 3.63) is 58.6 Å². The van der Waals surface area contributed by atoms with Crippen molar-refractivity contribution >= 4 is 33.2 Å². The number of anilines is 1. The molecule has 7 heteroatoms. The maximum Gasteiger partial charge on any atom is 0.255 e. The Morgan fingerprint density at radius 1 is 1.08 bits per heavy atom. The second-order valence-electron chi connectivity index (χ2n) is 5.71. The van der Waals surface area contributed by atoms with Gasteiger partial charge in [-0.1, -0.05) is 17.7 Å². The quantitative estimate of drug-likeness (QED) is 0.849. The van der Waals surface area contributed by atoms with Crippen LogP contribution < -0.4 is 10.0 Å². The zero-order chi connectivity index (χ0) is 17.9. The molecule has 0 aliphatic carbocycles. The van der Waals surface area contributed by atoms with Crippen molar-refractivity contribution in [2.45, 2.75) is 31.7 Å². The predicted octanol–water partition coefficient (Wildman–Crippen LogP) is 3.59. The molecule has 0 aliphatic rings. The van der Waals surface area contributed by atoms with Crippen molar-refractivity contribution in [1.29, 1.82) is 0 Å². The first-order valence-corrected chi connectivity index (χ1v) is 9.25. The van der Waals surface area contributed by atoms with E-state index in [1.165, 1.54) is 24.3 Å². The third kappa shape index (κ3) is 4.56. The Morgan fingerprint density at radius 2 is 1.71 bits per heavy atom. The summed E-state index contributed by atoms with van der Waals surface area (Å²) in [5.74, 6) is -0.332. The zero-order valence-electron chi connectivity index (χ0n) is 13.6. The number of amides is 1. The van der Waals surface area contributed by atoms with Gasteiger partial charge in [0.25, 0.3) is 5.91 Å². The van der Waals surface area contributed by atoms with Crippen LogP contribution in [-0.2, 0) is 10.0 Å². The standard InChI is InChI=1S/C17H19ClN2O3S/c1-11(2)20-24(22,23)15-8-5-13(6-9-15)17(21)19-16-10-14(18)7-4-12(16)3/h4-11,20H,1-3H3,(H,19,21). The number of carbonyl (C=O) groups excluding carboxylic acids is 1. The summed E-state index contributed by atoms with van der Waals surface area (Å²) in [7, 11) is -3.57. The van der Waals surface area contributed by atoms with E-state index >= 15 is 0 Å². The summed E-state index contributed by atoms with van der Waals surface area (Å²) in [5.41, 5.74) is 1.86. The Balaban J connectivity index is 2.18. The van der Waals surface area contributed by atoms with E-state index in [9.17, 15) is 13.2 Å². The van der Waals surface area contributed by atoms with Gasteiger partial charge in [-0.05, 0) is 62.7 Å². The van der Waals surface area contributed by atoms with Gasteiger partial charge in [0.1, 0.15) is 0 Å². The van der Waals surface area contributed by atoms with Crippen molar-refractivity contribution in [3.63, 3.8) is 0 Å². The van der Waals surface area contributed by atoms with Crippen LogP contribution in [0.4, 0.5) is 5.69 Å². The van der Waals surface area contributed by atoms with Crippen molar-refractivity contribution in [1.82, 2.24) is 4.72 Å². The summed E-state index contributed by atoms with van der Waals surface area (Å²) in [4.78, 5) is 12.4. The van der Waals surface area contributed by atoms with Crippen LogP contribution in [0.3, 0.4) is 0 Å². The van der Waals surface area contributed by atoms with Crippen LogP contribution >= 0.6 is 11.6 Å². The summed E-state index contributed by atoms with van der Waals surface area (Å²) in [6.07, 6.45) is 0. The van der Waals surface area contributed by atoms with E-state index in [0.717, 1.165) is 5.56 Å². The monoisotopic (exact) mass is 366 g/mol. The molecule has 2 aromatic carbocycles. The van der Waals surface area contributed by atoms with Crippen LogP contribution in [-0.4, -0.2) is 20.4 Å². The number of hydrogen-bond donors (Lipinski definition) is 2. The highest BCUT2D eigenvalue weighted by atomic mass is 35.5. The normalized spacial score (nSPS) is 11.5. The molecule has 2 N–H and O–H groups in total. The molecule has 0 radical (unpaired) electrons. The number of sulfonamides is 1. The first-order valence-electron chi connectivity index (χ1n) is 7.39. The zero-order valence-corrected chi connectivity index (χ0v) is 15.2. The molecule has 0 bridgehead atoms. The van der Waals surface area contributed by atoms with Crippen LogP contribution in [0.2, 0.25) is 5.02 Å². The Bertz CT molecular complexity index is 847. The van der Waals surface area contributed by atoms with Gasteiger partial charge in [0, 0.05) is 22.3 Å². The lowest BCUT2D eigenvalue weighted by Gasteiger charge is -2.11. The van der Waals surface area contributed by atoms with Crippen LogP contribution in [0.1, 0.15) is 29.8 Å². The molecule has 0 aromatic heterocycles. The van der Waals surface area contributed by atoms with Crippen LogP contribution in [0.5, 0.6) is 0 Å². The van der Waals surface area contributed by atoms with Crippen molar-refractivity contribution < 1.29 is 13.2 Å². The van der Waals surface area contributed by atoms with E-state index in [-0.39, 0.29) is 16.8 Å². The van der Waals surface area contributed by atoms with Gasteiger partial charge >= 0.3 is 0 Å². The van der Waals surface area contributed by atoms with Gasteiger partial charge in [-0.15, -0.1) is 0 Å². The Labute approximate surface area is 147 Å². The summed E-state index contributed by atoms with van der Waals surface area (Å²) in [5, 5.41) is 3.29. The average Bonchev–Trinajstić information content (AvgIpc) is 2.50. The van der Waals surface area contributed by atoms with Gasteiger partial charge in [0.15, 0.2) is 0 Å². The molecule has 0 aliphatic heterocycles. The number of carbonyl (C=O) groups is 1. The highest BCUT2D eigenvalue weighted by molar-refractivity contribution is 7.89. The summed E-state index contributed by atoms with van der Waals surface area (Å²) < 4.78 is 26.6. The van der Waals surface area contributed by atoms with E-state index < -0.39 is 10.0 Å². The highest BCUT2D eigenvalue weighted by Crippen LogP contribution is 2.21. The molecule has 2 rings (SSSR count). The molecule has 128 valence electrons. The second-order valence-corrected chi connectivity index (χ2v) is 7.86. The lowest BCUT2D eigenvalue weighted by atomic mass is 10.1. The molecule has 24 heavy (non-hydrogen) atoms. The topological polar surface area (TPSA) is 75.3 Å². The minimum Gasteiger partial charge on any atom is -0.322 e. The molecule has 0 spiro atoms. The largest absolute Gasteiger partial charge is 0.322 e. The fraction of sp³-hybridized carbons (Fsp3) is 0.235. The molecular weight excluding hydrogens is 348 g/mol. The third-order valence-corrected chi connectivity index (χ3v) is 5.18. The molecule has 1 amide bonds. The van der Waals surface area contributed by atoms with E-state index in [1.54, 1.807) is 26.0 Å². The first-order chi connectivity index (χ1) is 11.2. The average molecular weight is 367 g/mol. The van der Waals surface area contributed by atoms with E-state index in [2.05, 4.69) is 10.0 Å². The SMILES string of the molecule is Cc1ccc(Cl)cc1NC(=O)c1ccc(S(=O)(=O)NC(C)C)cc1. The van der Waals surface area contributed by atoms with E-state index in [1.807, 2.05) is 13.0 Å². The molecule has 0 saturated heterocycles. The maximum absolute atomic E-state index is 12.3. The van der Waals surface area contributed by atoms with Gasteiger partial charge in [0.05, 0.1) is 4.90 Å². The number of hydrogen-bond acceptors (Lipinski definition) is 3. The van der Waals surface area contributed by atoms with Crippen LogP contribution in [0, 0.1) is 6.92 Å². The molecule has 0 fully saturated rings. The van der Waals surface area contributed by atoms with Crippen molar-refractivity contribution in [2.75, 3.05) is 5.32 Å². The number of aryl methyl sites for hydroxylation is 1. The number of benzene rings is 2. The van der Waals surface area contributed by atoms with Gasteiger partial charge in [-0.2, -0.15) is 0 Å². The second kappa shape index (κ2) is 7.34. The molecule has 0 saturated carbocycles. The molecule has 5 nitrogen and oxygen atoms in total. The van der Waals surface area contributed by atoms with Crippen molar-refractivity contribution in [2.24, 2.45) is 0 Å². The minimum atomic E-state index is -3.57. The van der Waals surface area contributed by atoms with Gasteiger partial charge < -0.3 is 5.32 Å². The highest BCUT2D eigenvalue weighted by Gasteiger charge is 2.16. The van der Waals surface area contributed by atoms with Crippen LogP contribution in [0.15, 0.2) is 47.4 Å². The molecule has 0 atom stereocenters. The summed E-state index contributed by atoms with van der Waals surface area (Å²) >= 11 is 5.93. The van der Waals surface area contributed by atoms with Crippen LogP contribution in [0.25, 0.3) is 0 Å². The van der Waals surface area contributed by atoms with Gasteiger partial charge in [-0.3, -0.25) is 4.79 Å². The number of nitrogens with one attached hydrogen (secondary N) is 2. The number of rotatable bonds is 5. The lowest BCUT2D eigenvalue weighted by molar-refractivity contribution is 0.102.